The van der Waals surface area contributed by atoms with E-state index in [1.807, 2.05) is 0 Å². The topological polar surface area (TPSA) is 93.4 Å². The van der Waals surface area contributed by atoms with E-state index in [0.29, 0.717) is 23.0 Å². The molecule has 3 rings (SSSR count). The van der Waals surface area contributed by atoms with Crippen LogP contribution in [0.4, 0.5) is 8.78 Å². The van der Waals surface area contributed by atoms with Crippen LogP contribution in [0.25, 0.3) is 5.70 Å². The van der Waals surface area contributed by atoms with Crippen molar-refractivity contribution >= 4 is 23.3 Å². The van der Waals surface area contributed by atoms with Crippen LogP contribution in [0.5, 0.6) is 5.75 Å². The Morgan fingerprint density at radius 1 is 1.38 bits per heavy atom. The molecule has 1 aliphatic heterocycles. The third kappa shape index (κ3) is 4.14. The number of allylic oxidation sites excluding steroid dienone is 2. The molecule has 0 bridgehead atoms. The molecule has 0 spiro atoms. The van der Waals surface area contributed by atoms with Crippen molar-refractivity contribution in [3.63, 3.8) is 0 Å². The van der Waals surface area contributed by atoms with Crippen LogP contribution >= 0.6 is 11.6 Å². The van der Waals surface area contributed by atoms with Gasteiger partial charge in [-0.05, 0) is 25.5 Å². The second-order valence-electron chi connectivity index (χ2n) is 6.34. The summed E-state index contributed by atoms with van der Waals surface area (Å²) in [6, 6.07) is 1.15. The summed E-state index contributed by atoms with van der Waals surface area (Å²) in [4.78, 5) is 27.7. The lowest BCUT2D eigenvalue weighted by molar-refractivity contribution is -0.137. The van der Waals surface area contributed by atoms with Crippen LogP contribution in [0.2, 0.25) is 5.02 Å². The van der Waals surface area contributed by atoms with Gasteiger partial charge in [-0.15, -0.1) is 0 Å². The van der Waals surface area contributed by atoms with Crippen molar-refractivity contribution in [1.82, 2.24) is 14.9 Å². The predicted molar refractivity (Wildman–Crippen MR) is 102 cm³/mol. The third-order valence-electron chi connectivity index (χ3n) is 4.26. The molecule has 1 unspecified atom stereocenters. The van der Waals surface area contributed by atoms with Gasteiger partial charge in [-0.2, -0.15) is 0 Å². The fourth-order valence-corrected chi connectivity index (χ4v) is 2.99. The largest absolute Gasteiger partial charge is 0.485 e. The van der Waals surface area contributed by atoms with Crippen LogP contribution in [-0.2, 0) is 11.4 Å². The maximum absolute atomic E-state index is 13.7. The maximum Gasteiger partial charge on any atom is 0.330 e. The Morgan fingerprint density at radius 2 is 2.10 bits per heavy atom. The van der Waals surface area contributed by atoms with E-state index in [0.717, 1.165) is 6.20 Å². The number of carboxylic acid groups (broad SMARTS) is 1. The van der Waals surface area contributed by atoms with Crippen LogP contribution in [0, 0.1) is 18.6 Å². The molecule has 2 aromatic rings. The van der Waals surface area contributed by atoms with Crippen molar-refractivity contribution in [3.05, 3.63) is 74.6 Å². The van der Waals surface area contributed by atoms with E-state index >= 15 is 0 Å². The highest BCUT2D eigenvalue weighted by molar-refractivity contribution is 6.31. The number of carboxylic acids is 1. The number of pyridine rings is 2. The Kier molecular flexibility index (Phi) is 5.69. The number of nitrogens with zero attached hydrogens (tertiary/aromatic N) is 2. The quantitative estimate of drug-likeness (QED) is 0.768. The van der Waals surface area contributed by atoms with E-state index in [9.17, 15) is 23.5 Å². The monoisotopic (exact) mass is 423 g/mol. The Labute approximate surface area is 168 Å². The first kappa shape index (κ1) is 20.5. The standard InChI is InChI=1S/C19H16ClF2N3O4/c1-9-6-23-13(19(27)28)5-15(9)25-10(2)3-16(17(20)18(25)26)29-8-14-12(22)4-11(21)7-24-14/h3-7,13,23H,8H2,1-2H3,(H,27,28). The Balaban J connectivity index is 1.95. The highest BCUT2D eigenvalue weighted by atomic mass is 35.5. The maximum atomic E-state index is 13.7. The van der Waals surface area contributed by atoms with Gasteiger partial charge in [0.2, 0.25) is 0 Å². The number of carbonyl (C=O) groups is 1. The summed E-state index contributed by atoms with van der Waals surface area (Å²) in [5, 5.41) is 11.6. The Hall–Kier alpha value is -3.20. The van der Waals surface area contributed by atoms with Gasteiger partial charge in [0.05, 0.1) is 11.9 Å². The number of aliphatic carboxylic acids is 1. The first-order valence-corrected chi connectivity index (χ1v) is 8.80. The van der Waals surface area contributed by atoms with Gasteiger partial charge in [0, 0.05) is 24.0 Å². The number of nitrogens with one attached hydrogen (secondary N) is 1. The number of hydrogen-bond donors (Lipinski definition) is 2. The van der Waals surface area contributed by atoms with Gasteiger partial charge in [0.25, 0.3) is 5.56 Å². The molecule has 0 amide bonds. The molecule has 1 atom stereocenters. The molecule has 10 heteroatoms. The van der Waals surface area contributed by atoms with Gasteiger partial charge in [0.1, 0.15) is 34.9 Å². The molecule has 1 aliphatic rings. The molecule has 0 saturated carbocycles. The number of rotatable bonds is 5. The van der Waals surface area contributed by atoms with Gasteiger partial charge in [-0.1, -0.05) is 11.6 Å². The Bertz CT molecular complexity index is 1110. The second kappa shape index (κ2) is 8.04. The molecule has 0 fully saturated rings. The lowest BCUT2D eigenvalue weighted by Gasteiger charge is -2.23. The molecule has 0 radical (unpaired) electrons. The summed E-state index contributed by atoms with van der Waals surface area (Å²) in [5.41, 5.74) is 0.660. The molecule has 152 valence electrons. The molecule has 2 N–H and O–H groups in total. The minimum absolute atomic E-state index is 0.00175. The molecule has 7 nitrogen and oxygen atoms in total. The summed E-state index contributed by atoms with van der Waals surface area (Å²) in [5.74, 6) is -2.80. The summed E-state index contributed by atoms with van der Waals surface area (Å²) < 4.78 is 33.4. The first-order valence-electron chi connectivity index (χ1n) is 8.42. The number of dihydropyridines is 1. The number of aromatic nitrogens is 2. The lowest BCUT2D eigenvalue weighted by atomic mass is 10.1. The van der Waals surface area contributed by atoms with Crippen molar-refractivity contribution in [3.8, 4) is 5.75 Å². The zero-order valence-electron chi connectivity index (χ0n) is 15.4. The van der Waals surface area contributed by atoms with E-state index < -0.39 is 29.2 Å². The number of ether oxygens (including phenoxy) is 1. The van der Waals surface area contributed by atoms with Crippen LogP contribution in [0.1, 0.15) is 18.3 Å². The van der Waals surface area contributed by atoms with Crippen molar-refractivity contribution in [2.24, 2.45) is 0 Å². The molecule has 0 aromatic carbocycles. The molecule has 3 heterocycles. The highest BCUT2D eigenvalue weighted by Crippen LogP contribution is 2.27. The van der Waals surface area contributed by atoms with E-state index in [1.54, 1.807) is 13.8 Å². The van der Waals surface area contributed by atoms with Gasteiger partial charge < -0.3 is 15.2 Å². The molecule has 0 saturated heterocycles. The van der Waals surface area contributed by atoms with E-state index in [1.165, 1.54) is 22.9 Å². The fourth-order valence-electron chi connectivity index (χ4n) is 2.80. The van der Waals surface area contributed by atoms with Gasteiger partial charge >= 0.3 is 5.97 Å². The van der Waals surface area contributed by atoms with Crippen molar-refractivity contribution in [2.45, 2.75) is 26.5 Å². The first-order chi connectivity index (χ1) is 13.7. The van der Waals surface area contributed by atoms with Gasteiger partial charge in [-0.3, -0.25) is 14.3 Å². The molecule has 2 aromatic heterocycles. The highest BCUT2D eigenvalue weighted by Gasteiger charge is 2.23. The SMILES string of the molecule is CC1=CNC(C(=O)O)C=C1n1c(C)cc(OCc2ncc(F)cc2F)c(Cl)c1=O. The summed E-state index contributed by atoms with van der Waals surface area (Å²) in [7, 11) is 0. The number of hydrogen-bond acceptors (Lipinski definition) is 5. The second-order valence-corrected chi connectivity index (χ2v) is 6.72. The van der Waals surface area contributed by atoms with Crippen LogP contribution in [0.15, 0.2) is 41.0 Å². The summed E-state index contributed by atoms with van der Waals surface area (Å²) in [6.07, 6.45) is 3.76. The van der Waals surface area contributed by atoms with Crippen LogP contribution in [0.3, 0.4) is 0 Å². The average molecular weight is 424 g/mol. The van der Waals surface area contributed by atoms with E-state index in [2.05, 4.69) is 10.3 Å². The van der Waals surface area contributed by atoms with E-state index in [-0.39, 0.29) is 23.1 Å². The van der Waals surface area contributed by atoms with Crippen LogP contribution < -0.4 is 15.6 Å². The number of aryl methyl sites for hydroxylation is 1. The molecular weight excluding hydrogens is 408 g/mol. The third-order valence-corrected chi connectivity index (χ3v) is 4.61. The molecular formula is C19H16ClF2N3O4. The zero-order chi connectivity index (χ0) is 21.3. The molecule has 0 aliphatic carbocycles. The predicted octanol–water partition coefficient (Wildman–Crippen LogP) is 2.86. The van der Waals surface area contributed by atoms with Crippen molar-refractivity contribution in [2.75, 3.05) is 0 Å². The molecule has 29 heavy (non-hydrogen) atoms. The zero-order valence-corrected chi connectivity index (χ0v) is 16.1. The van der Waals surface area contributed by atoms with Crippen molar-refractivity contribution in [1.29, 1.82) is 0 Å². The lowest BCUT2D eigenvalue weighted by Crippen LogP contribution is -2.36. The smallest absolute Gasteiger partial charge is 0.330 e. The minimum atomic E-state index is -1.10. The minimum Gasteiger partial charge on any atom is -0.485 e. The summed E-state index contributed by atoms with van der Waals surface area (Å²) in [6.45, 7) is 2.97. The normalized spacial score (nSPS) is 16.0. The van der Waals surface area contributed by atoms with Crippen LogP contribution in [-0.4, -0.2) is 26.7 Å². The van der Waals surface area contributed by atoms with Gasteiger partial charge in [0.15, 0.2) is 5.82 Å². The summed E-state index contributed by atoms with van der Waals surface area (Å²) >= 11 is 6.16. The Morgan fingerprint density at radius 3 is 2.76 bits per heavy atom. The van der Waals surface area contributed by atoms with E-state index in [4.69, 9.17) is 16.3 Å². The fraction of sp³-hybridized carbons (Fsp3) is 0.211. The van der Waals surface area contributed by atoms with Gasteiger partial charge in [-0.25, -0.2) is 13.6 Å². The van der Waals surface area contributed by atoms with Crippen molar-refractivity contribution < 1.29 is 23.4 Å². The number of halogens is 3. The average Bonchev–Trinajstić information content (AvgIpc) is 2.66.